The van der Waals surface area contributed by atoms with Gasteiger partial charge >= 0.3 is 11.9 Å². The number of methoxy groups -OCH3 is 1. The van der Waals surface area contributed by atoms with Gasteiger partial charge in [-0.3, -0.25) is 0 Å². The van der Waals surface area contributed by atoms with Gasteiger partial charge in [-0.2, -0.15) is 0 Å². The second-order valence-corrected chi connectivity index (χ2v) is 5.91. The van der Waals surface area contributed by atoms with Gasteiger partial charge in [0.25, 0.3) is 0 Å². The first-order chi connectivity index (χ1) is 12.0. The van der Waals surface area contributed by atoms with Crippen LogP contribution in [0.5, 0.6) is 0 Å². The number of carbonyl (C=O) groups excluding carboxylic acids is 2. The van der Waals surface area contributed by atoms with E-state index in [-0.39, 0.29) is 5.97 Å². The van der Waals surface area contributed by atoms with E-state index in [1.54, 1.807) is 36.4 Å². The molecule has 0 atom stereocenters. The van der Waals surface area contributed by atoms with Crippen LogP contribution in [0.2, 0.25) is 0 Å². The molecular weight excluding hydrogens is 316 g/mol. The lowest BCUT2D eigenvalue weighted by molar-refractivity contribution is -0.130. The number of hydrogen-bond acceptors (Lipinski definition) is 4. The number of ether oxygens (including phenoxy) is 2. The van der Waals surface area contributed by atoms with Gasteiger partial charge in [0.1, 0.15) is 5.76 Å². The van der Waals surface area contributed by atoms with Crippen molar-refractivity contribution in [3.63, 3.8) is 0 Å². The van der Waals surface area contributed by atoms with E-state index < -0.39 is 5.97 Å². The molecule has 2 aromatic rings. The Balaban J connectivity index is 1.87. The Bertz CT molecular complexity index is 902. The molecule has 0 fully saturated rings. The Labute approximate surface area is 146 Å². The molecule has 0 N–H and O–H groups in total. The topological polar surface area (TPSA) is 52.6 Å². The number of hydrogen-bond donors (Lipinski definition) is 0. The molecule has 126 valence electrons. The molecule has 0 aromatic heterocycles. The lowest BCUT2D eigenvalue weighted by Gasteiger charge is -2.05. The Morgan fingerprint density at radius 1 is 1.04 bits per heavy atom. The highest BCUT2D eigenvalue weighted by molar-refractivity contribution is 6.05. The summed E-state index contributed by atoms with van der Waals surface area (Å²) in [7, 11) is 1.34. The smallest absolute Gasteiger partial charge is 0.343 e. The van der Waals surface area contributed by atoms with E-state index in [0.717, 1.165) is 16.7 Å². The summed E-state index contributed by atoms with van der Waals surface area (Å²) in [4.78, 5) is 23.6. The number of benzene rings is 2. The monoisotopic (exact) mass is 334 g/mol. The summed E-state index contributed by atoms with van der Waals surface area (Å²) in [6.45, 7) is 4.06. The summed E-state index contributed by atoms with van der Waals surface area (Å²) in [6.07, 6.45) is 3.47. The predicted octanol–water partition coefficient (Wildman–Crippen LogP) is 4.07. The first-order valence-corrected chi connectivity index (χ1v) is 7.89. The van der Waals surface area contributed by atoms with Gasteiger partial charge in [-0.25, -0.2) is 9.59 Å². The summed E-state index contributed by atoms with van der Waals surface area (Å²) in [6, 6.07) is 12.8. The quantitative estimate of drug-likeness (QED) is 0.627. The van der Waals surface area contributed by atoms with Crippen molar-refractivity contribution in [1.29, 1.82) is 0 Å². The Morgan fingerprint density at radius 2 is 1.76 bits per heavy atom. The normalized spacial score (nSPS) is 15.1. The number of rotatable bonds is 3. The van der Waals surface area contributed by atoms with Crippen LogP contribution in [-0.2, 0) is 14.3 Å². The Hall–Kier alpha value is -3.14. The van der Waals surface area contributed by atoms with Crippen LogP contribution < -0.4 is 0 Å². The van der Waals surface area contributed by atoms with Crippen LogP contribution in [0.4, 0.5) is 0 Å². The molecule has 2 aromatic carbocycles. The SMILES string of the molecule is COC(=O)c1ccc(/C=C2\C=C(c3ccc(C)c(C)c3)OC2=O)cc1. The maximum Gasteiger partial charge on any atom is 0.343 e. The van der Waals surface area contributed by atoms with Crippen LogP contribution >= 0.6 is 0 Å². The Morgan fingerprint density at radius 3 is 2.40 bits per heavy atom. The summed E-state index contributed by atoms with van der Waals surface area (Å²) < 4.78 is 10.1. The van der Waals surface area contributed by atoms with Crippen molar-refractivity contribution >= 4 is 23.8 Å². The molecule has 0 saturated heterocycles. The first-order valence-electron chi connectivity index (χ1n) is 7.89. The zero-order valence-electron chi connectivity index (χ0n) is 14.3. The third kappa shape index (κ3) is 3.53. The molecule has 1 aliphatic heterocycles. The van der Waals surface area contributed by atoms with Crippen LogP contribution in [0.25, 0.3) is 11.8 Å². The zero-order valence-corrected chi connectivity index (χ0v) is 14.3. The minimum atomic E-state index is -0.392. The summed E-state index contributed by atoms with van der Waals surface area (Å²) in [5.41, 5.74) is 4.95. The molecule has 1 heterocycles. The molecule has 4 heteroatoms. The van der Waals surface area contributed by atoms with Gasteiger partial charge in [-0.15, -0.1) is 0 Å². The van der Waals surface area contributed by atoms with E-state index in [0.29, 0.717) is 16.9 Å². The molecule has 1 aliphatic rings. The molecule has 0 radical (unpaired) electrons. The number of cyclic esters (lactones) is 1. The molecule has 0 bridgehead atoms. The van der Waals surface area contributed by atoms with Crippen molar-refractivity contribution in [2.75, 3.05) is 7.11 Å². The highest BCUT2D eigenvalue weighted by Gasteiger charge is 2.22. The van der Waals surface area contributed by atoms with E-state index in [1.165, 1.54) is 12.7 Å². The Kier molecular flexibility index (Phi) is 4.52. The average molecular weight is 334 g/mol. The number of carbonyl (C=O) groups is 2. The van der Waals surface area contributed by atoms with E-state index in [4.69, 9.17) is 4.74 Å². The fourth-order valence-corrected chi connectivity index (χ4v) is 2.54. The fourth-order valence-electron chi connectivity index (χ4n) is 2.54. The van der Waals surface area contributed by atoms with Crippen molar-refractivity contribution in [3.8, 4) is 0 Å². The second-order valence-electron chi connectivity index (χ2n) is 5.91. The molecule has 3 rings (SSSR count). The third-order valence-electron chi connectivity index (χ3n) is 4.17. The number of esters is 2. The lowest BCUT2D eigenvalue weighted by Crippen LogP contribution is -2.00. The first kappa shape index (κ1) is 16.7. The summed E-state index contributed by atoms with van der Waals surface area (Å²) in [5, 5.41) is 0. The lowest BCUT2D eigenvalue weighted by atomic mass is 10.0. The molecular formula is C21H18O4. The van der Waals surface area contributed by atoms with E-state index >= 15 is 0 Å². The highest BCUT2D eigenvalue weighted by Crippen LogP contribution is 2.28. The van der Waals surface area contributed by atoms with Crippen LogP contribution in [0.15, 0.2) is 54.1 Å². The van der Waals surface area contributed by atoms with E-state index in [2.05, 4.69) is 4.74 Å². The van der Waals surface area contributed by atoms with Crippen LogP contribution in [-0.4, -0.2) is 19.0 Å². The molecule has 0 saturated carbocycles. The van der Waals surface area contributed by atoms with Crippen LogP contribution in [0.3, 0.4) is 0 Å². The van der Waals surface area contributed by atoms with Crippen molar-refractivity contribution in [1.82, 2.24) is 0 Å². The third-order valence-corrected chi connectivity index (χ3v) is 4.17. The molecule has 0 spiro atoms. The van der Waals surface area contributed by atoms with Gasteiger partial charge in [0.2, 0.25) is 0 Å². The molecule has 0 aliphatic carbocycles. The molecule has 0 unspecified atom stereocenters. The predicted molar refractivity (Wildman–Crippen MR) is 95.7 cm³/mol. The van der Waals surface area contributed by atoms with Gasteiger partial charge in [0.15, 0.2) is 0 Å². The molecule has 0 amide bonds. The van der Waals surface area contributed by atoms with Crippen LogP contribution in [0.1, 0.15) is 32.6 Å². The standard InChI is InChI=1S/C21H18O4/c1-13-4-7-17(10-14(13)2)19-12-18(21(23)25-19)11-15-5-8-16(9-6-15)20(22)24-3/h4-12H,1-3H3/b18-11+. The highest BCUT2D eigenvalue weighted by atomic mass is 16.5. The van der Waals surface area contributed by atoms with Gasteiger partial charge in [-0.05, 0) is 60.9 Å². The van der Waals surface area contributed by atoms with Crippen molar-refractivity contribution in [2.45, 2.75) is 13.8 Å². The van der Waals surface area contributed by atoms with Gasteiger partial charge in [0.05, 0.1) is 18.2 Å². The minimum Gasteiger partial charge on any atom is -0.465 e. The molecule has 4 nitrogen and oxygen atoms in total. The summed E-state index contributed by atoms with van der Waals surface area (Å²) >= 11 is 0. The van der Waals surface area contributed by atoms with Crippen molar-refractivity contribution in [2.24, 2.45) is 0 Å². The maximum atomic E-state index is 12.1. The number of aryl methyl sites for hydroxylation is 2. The van der Waals surface area contributed by atoms with Crippen LogP contribution in [0, 0.1) is 13.8 Å². The van der Waals surface area contributed by atoms with E-state index in [9.17, 15) is 9.59 Å². The maximum absolute atomic E-state index is 12.1. The van der Waals surface area contributed by atoms with Crippen molar-refractivity contribution < 1.29 is 19.1 Å². The van der Waals surface area contributed by atoms with Gasteiger partial charge < -0.3 is 9.47 Å². The van der Waals surface area contributed by atoms with Gasteiger partial charge in [-0.1, -0.05) is 24.3 Å². The largest absolute Gasteiger partial charge is 0.465 e. The van der Waals surface area contributed by atoms with Gasteiger partial charge in [0, 0.05) is 5.56 Å². The molecule has 25 heavy (non-hydrogen) atoms. The van der Waals surface area contributed by atoms with Crippen molar-refractivity contribution in [3.05, 3.63) is 81.9 Å². The van der Waals surface area contributed by atoms with E-state index in [1.807, 2.05) is 32.0 Å². The minimum absolute atomic E-state index is 0.384. The zero-order chi connectivity index (χ0) is 18.0. The second kappa shape index (κ2) is 6.77. The summed E-state index contributed by atoms with van der Waals surface area (Å²) in [5.74, 6) is -0.229. The average Bonchev–Trinajstić information content (AvgIpc) is 2.98. The fraction of sp³-hybridized carbons (Fsp3) is 0.143.